The second kappa shape index (κ2) is 6.29. The zero-order valence-electron chi connectivity index (χ0n) is 12.2. The van der Waals surface area contributed by atoms with Gasteiger partial charge in [0.25, 0.3) is 0 Å². The van der Waals surface area contributed by atoms with Gasteiger partial charge >= 0.3 is 0 Å². The van der Waals surface area contributed by atoms with Gasteiger partial charge in [0.2, 0.25) is 10.0 Å². The van der Waals surface area contributed by atoms with Gasteiger partial charge in [0.05, 0.1) is 7.11 Å². The van der Waals surface area contributed by atoms with Crippen LogP contribution in [0.2, 0.25) is 0 Å². The number of ether oxygens (including phenoxy) is 2. The second-order valence-corrected chi connectivity index (χ2v) is 7.28. The molecule has 2 rings (SSSR count). The van der Waals surface area contributed by atoms with Crippen LogP contribution in [0, 0.1) is 11.2 Å². The highest BCUT2D eigenvalue weighted by Crippen LogP contribution is 2.30. The van der Waals surface area contributed by atoms with E-state index in [1.54, 1.807) is 0 Å². The van der Waals surface area contributed by atoms with Gasteiger partial charge in [-0.15, -0.1) is 0 Å². The van der Waals surface area contributed by atoms with E-state index in [1.165, 1.54) is 13.2 Å². The Balaban J connectivity index is 2.17. The highest BCUT2D eigenvalue weighted by Gasteiger charge is 2.30. The van der Waals surface area contributed by atoms with Crippen LogP contribution in [-0.4, -0.2) is 35.3 Å². The van der Waals surface area contributed by atoms with Gasteiger partial charge in [-0.3, -0.25) is 0 Å². The van der Waals surface area contributed by atoms with E-state index in [0.717, 1.165) is 25.0 Å². The summed E-state index contributed by atoms with van der Waals surface area (Å²) in [6, 6.07) is 3.44. The van der Waals surface area contributed by atoms with Crippen LogP contribution < -0.4 is 9.46 Å². The molecule has 7 heteroatoms. The number of hydrogen-bond acceptors (Lipinski definition) is 4. The van der Waals surface area contributed by atoms with Gasteiger partial charge < -0.3 is 9.47 Å². The summed E-state index contributed by atoms with van der Waals surface area (Å²) in [5, 5.41) is 0. The maximum absolute atomic E-state index is 13.3. The molecule has 1 aliphatic heterocycles. The Morgan fingerprint density at radius 1 is 1.38 bits per heavy atom. The van der Waals surface area contributed by atoms with Gasteiger partial charge in [0, 0.05) is 19.8 Å². The largest absolute Gasteiger partial charge is 0.495 e. The van der Waals surface area contributed by atoms with E-state index in [-0.39, 0.29) is 16.1 Å². The quantitative estimate of drug-likeness (QED) is 0.901. The fraction of sp³-hybridized carbons (Fsp3) is 0.571. The summed E-state index contributed by atoms with van der Waals surface area (Å²) in [5.74, 6) is -0.491. The highest BCUT2D eigenvalue weighted by atomic mass is 32.2. The van der Waals surface area contributed by atoms with Crippen LogP contribution >= 0.6 is 0 Å². The number of nitrogens with one attached hydrogen (secondary N) is 1. The minimum Gasteiger partial charge on any atom is -0.495 e. The Morgan fingerprint density at radius 3 is 2.67 bits per heavy atom. The van der Waals surface area contributed by atoms with Crippen molar-refractivity contribution in [1.82, 2.24) is 4.72 Å². The molecule has 0 aromatic heterocycles. The predicted molar refractivity (Wildman–Crippen MR) is 76.3 cm³/mol. The lowest BCUT2D eigenvalue weighted by molar-refractivity contribution is 0.0264. The molecule has 118 valence electrons. The molecule has 0 spiro atoms. The number of benzene rings is 1. The number of hydrogen-bond donors (Lipinski definition) is 1. The van der Waals surface area contributed by atoms with E-state index in [2.05, 4.69) is 4.72 Å². The van der Waals surface area contributed by atoms with E-state index in [4.69, 9.17) is 9.47 Å². The van der Waals surface area contributed by atoms with Crippen molar-refractivity contribution >= 4 is 10.0 Å². The van der Waals surface area contributed by atoms with E-state index < -0.39 is 15.8 Å². The van der Waals surface area contributed by atoms with Gasteiger partial charge in [-0.2, -0.15) is 0 Å². The van der Waals surface area contributed by atoms with Crippen molar-refractivity contribution in [3.8, 4) is 5.75 Å². The maximum atomic E-state index is 13.3. The topological polar surface area (TPSA) is 64.6 Å². The molecule has 5 nitrogen and oxygen atoms in total. The molecule has 1 saturated heterocycles. The smallest absolute Gasteiger partial charge is 0.244 e. The molecule has 0 saturated carbocycles. The lowest BCUT2D eigenvalue weighted by Gasteiger charge is -2.33. The Kier molecular flexibility index (Phi) is 4.85. The number of halogens is 1. The highest BCUT2D eigenvalue weighted by molar-refractivity contribution is 7.89. The fourth-order valence-corrected chi connectivity index (χ4v) is 3.63. The summed E-state index contributed by atoms with van der Waals surface area (Å²) in [5.41, 5.74) is -0.147. The number of rotatable bonds is 5. The first kappa shape index (κ1) is 16.2. The average molecular weight is 317 g/mol. The summed E-state index contributed by atoms with van der Waals surface area (Å²) >= 11 is 0. The van der Waals surface area contributed by atoms with Crippen molar-refractivity contribution in [2.75, 3.05) is 26.9 Å². The molecular weight excluding hydrogens is 297 g/mol. The van der Waals surface area contributed by atoms with Gasteiger partial charge in [0.15, 0.2) is 0 Å². The molecule has 1 aromatic rings. The van der Waals surface area contributed by atoms with Crippen molar-refractivity contribution in [2.24, 2.45) is 5.41 Å². The van der Waals surface area contributed by atoms with Gasteiger partial charge in [-0.25, -0.2) is 17.5 Å². The number of methoxy groups -OCH3 is 1. The molecule has 1 fully saturated rings. The average Bonchev–Trinajstić information content (AvgIpc) is 2.46. The monoisotopic (exact) mass is 317 g/mol. The molecule has 1 aromatic carbocycles. The lowest BCUT2D eigenvalue weighted by Crippen LogP contribution is -2.39. The molecule has 21 heavy (non-hydrogen) atoms. The first-order valence-corrected chi connectivity index (χ1v) is 8.26. The standard InChI is InChI=1S/C14H20FNO4S/c1-14(5-7-20-8-6-14)10-16-21(17,18)13-9-11(15)3-4-12(13)19-2/h3-4,9,16H,5-8,10H2,1-2H3. The normalized spacial score (nSPS) is 18.4. The van der Waals surface area contributed by atoms with Crippen LogP contribution in [0.5, 0.6) is 5.75 Å². The van der Waals surface area contributed by atoms with Crippen molar-refractivity contribution in [3.63, 3.8) is 0 Å². The van der Waals surface area contributed by atoms with E-state index in [0.29, 0.717) is 19.8 Å². The minimum atomic E-state index is -3.82. The van der Waals surface area contributed by atoms with Crippen LogP contribution in [0.15, 0.2) is 23.1 Å². The maximum Gasteiger partial charge on any atom is 0.244 e. The zero-order valence-corrected chi connectivity index (χ0v) is 13.0. The van der Waals surface area contributed by atoms with E-state index in [9.17, 15) is 12.8 Å². The molecule has 0 amide bonds. The van der Waals surface area contributed by atoms with Crippen molar-refractivity contribution < 1.29 is 22.3 Å². The molecule has 0 atom stereocenters. The summed E-state index contributed by atoms with van der Waals surface area (Å²) in [4.78, 5) is -0.180. The molecule has 0 radical (unpaired) electrons. The van der Waals surface area contributed by atoms with Gasteiger partial charge in [-0.1, -0.05) is 6.92 Å². The SMILES string of the molecule is COc1ccc(F)cc1S(=O)(=O)NCC1(C)CCOCC1. The number of sulfonamides is 1. The third kappa shape index (κ3) is 3.93. The third-order valence-corrected chi connectivity index (χ3v) is 5.23. The van der Waals surface area contributed by atoms with E-state index in [1.807, 2.05) is 6.92 Å². The van der Waals surface area contributed by atoms with E-state index >= 15 is 0 Å². The van der Waals surface area contributed by atoms with Crippen molar-refractivity contribution in [2.45, 2.75) is 24.7 Å². The summed E-state index contributed by atoms with van der Waals surface area (Å²) in [6.45, 7) is 3.56. The van der Waals surface area contributed by atoms with Crippen LogP contribution in [0.4, 0.5) is 4.39 Å². The first-order valence-electron chi connectivity index (χ1n) is 6.77. The van der Waals surface area contributed by atoms with Gasteiger partial charge in [-0.05, 0) is 36.5 Å². The Hall–Kier alpha value is -1.18. The van der Waals surface area contributed by atoms with Crippen molar-refractivity contribution in [1.29, 1.82) is 0 Å². The summed E-state index contributed by atoms with van der Waals surface area (Å²) in [6.07, 6.45) is 1.58. The summed E-state index contributed by atoms with van der Waals surface area (Å²) < 4.78 is 50.9. The predicted octanol–water partition coefficient (Wildman–Crippen LogP) is 1.93. The Morgan fingerprint density at radius 2 is 2.05 bits per heavy atom. The lowest BCUT2D eigenvalue weighted by atomic mass is 9.83. The van der Waals surface area contributed by atoms with Crippen LogP contribution in [0.25, 0.3) is 0 Å². The molecule has 0 bridgehead atoms. The molecule has 1 N–H and O–H groups in total. The minimum absolute atomic E-state index is 0.126. The Bertz CT molecular complexity index is 597. The summed E-state index contributed by atoms with van der Waals surface area (Å²) in [7, 11) is -2.47. The Labute approximate surface area is 124 Å². The van der Waals surface area contributed by atoms with Crippen LogP contribution in [-0.2, 0) is 14.8 Å². The van der Waals surface area contributed by atoms with Crippen LogP contribution in [0.1, 0.15) is 19.8 Å². The first-order chi connectivity index (χ1) is 9.86. The fourth-order valence-electron chi connectivity index (χ4n) is 2.25. The third-order valence-electron chi connectivity index (χ3n) is 3.80. The molecule has 1 aliphatic rings. The van der Waals surface area contributed by atoms with Gasteiger partial charge in [0.1, 0.15) is 16.5 Å². The molecule has 1 heterocycles. The second-order valence-electron chi connectivity index (χ2n) is 5.54. The zero-order chi connectivity index (χ0) is 15.5. The molecular formula is C14H20FNO4S. The molecule has 0 unspecified atom stereocenters. The van der Waals surface area contributed by atoms with Crippen LogP contribution in [0.3, 0.4) is 0 Å². The molecule has 0 aliphatic carbocycles. The van der Waals surface area contributed by atoms with Crippen molar-refractivity contribution in [3.05, 3.63) is 24.0 Å².